The van der Waals surface area contributed by atoms with Crippen molar-refractivity contribution in [3.8, 4) is 0 Å². The summed E-state index contributed by atoms with van der Waals surface area (Å²) in [5.74, 6) is -0.432. The highest BCUT2D eigenvalue weighted by Gasteiger charge is 2.46. The van der Waals surface area contributed by atoms with Crippen molar-refractivity contribution in [1.82, 2.24) is 4.90 Å². The van der Waals surface area contributed by atoms with E-state index in [9.17, 15) is 14.7 Å². The van der Waals surface area contributed by atoms with Crippen LogP contribution in [0.5, 0.6) is 0 Å². The molecule has 3 fully saturated rings. The van der Waals surface area contributed by atoms with Crippen molar-refractivity contribution >= 4 is 11.9 Å². The minimum atomic E-state index is -0.707. The van der Waals surface area contributed by atoms with Crippen LogP contribution >= 0.6 is 0 Å². The van der Waals surface area contributed by atoms with Gasteiger partial charge in [0.05, 0.1) is 6.42 Å². The van der Waals surface area contributed by atoms with Gasteiger partial charge in [-0.25, -0.2) is 0 Å². The molecule has 1 N–H and O–H groups in total. The zero-order chi connectivity index (χ0) is 15.6. The topological polar surface area (TPSA) is 57.6 Å². The van der Waals surface area contributed by atoms with Gasteiger partial charge in [-0.3, -0.25) is 9.59 Å². The Kier molecular flexibility index (Phi) is 4.47. The molecule has 0 aromatic heterocycles. The molecule has 0 aromatic rings. The Morgan fingerprint density at radius 1 is 1.00 bits per heavy atom. The number of aliphatic carboxylic acids is 1. The van der Waals surface area contributed by atoms with Crippen molar-refractivity contribution < 1.29 is 14.7 Å². The zero-order valence-electron chi connectivity index (χ0n) is 13.6. The summed E-state index contributed by atoms with van der Waals surface area (Å²) >= 11 is 0. The Bertz CT molecular complexity index is 434. The summed E-state index contributed by atoms with van der Waals surface area (Å²) in [6.45, 7) is 1.56. The van der Waals surface area contributed by atoms with Crippen LogP contribution in [0.3, 0.4) is 0 Å². The van der Waals surface area contributed by atoms with Crippen molar-refractivity contribution in [3.63, 3.8) is 0 Å². The third kappa shape index (κ3) is 3.31. The molecule has 2 aliphatic carbocycles. The number of nitrogens with zero attached hydrogens (tertiary/aromatic N) is 1. The van der Waals surface area contributed by atoms with Gasteiger partial charge >= 0.3 is 5.97 Å². The molecule has 1 spiro atoms. The number of carbonyl (C=O) groups is 2. The maximum atomic E-state index is 12.5. The lowest BCUT2D eigenvalue weighted by Gasteiger charge is -2.40. The number of rotatable bonds is 4. The Balaban J connectivity index is 1.69. The molecule has 0 bridgehead atoms. The number of hydrogen-bond acceptors (Lipinski definition) is 2. The van der Waals surface area contributed by atoms with Gasteiger partial charge in [0.15, 0.2) is 0 Å². The highest BCUT2D eigenvalue weighted by Crippen LogP contribution is 2.47. The maximum absolute atomic E-state index is 12.5. The molecule has 2 saturated carbocycles. The lowest BCUT2D eigenvalue weighted by Crippen LogP contribution is -2.42. The first-order chi connectivity index (χ1) is 10.5. The van der Waals surface area contributed by atoms with Crippen molar-refractivity contribution in [3.05, 3.63) is 0 Å². The van der Waals surface area contributed by atoms with Gasteiger partial charge in [-0.05, 0) is 36.5 Å². The normalized spacial score (nSPS) is 27.3. The lowest BCUT2D eigenvalue weighted by molar-refractivity contribution is -0.142. The van der Waals surface area contributed by atoms with Gasteiger partial charge in [0.2, 0.25) is 5.91 Å². The third-order valence-electron chi connectivity index (χ3n) is 6.29. The molecular weight excluding hydrogens is 278 g/mol. The second-order valence-corrected chi connectivity index (χ2v) is 8.12. The average Bonchev–Trinajstić information content (AvgIpc) is 2.75. The Morgan fingerprint density at radius 3 is 2.18 bits per heavy atom. The van der Waals surface area contributed by atoms with Gasteiger partial charge in [0.1, 0.15) is 0 Å². The van der Waals surface area contributed by atoms with Crippen LogP contribution < -0.4 is 0 Å². The molecule has 124 valence electrons. The van der Waals surface area contributed by atoms with E-state index in [4.69, 9.17) is 0 Å². The first kappa shape index (κ1) is 15.8. The van der Waals surface area contributed by atoms with E-state index in [1.807, 2.05) is 4.90 Å². The van der Waals surface area contributed by atoms with E-state index in [0.717, 1.165) is 32.2 Å². The zero-order valence-corrected chi connectivity index (χ0v) is 13.6. The second kappa shape index (κ2) is 6.21. The molecule has 4 nitrogen and oxygen atoms in total. The van der Waals surface area contributed by atoms with Crippen LogP contribution in [0.2, 0.25) is 0 Å². The molecule has 3 rings (SSSR count). The van der Waals surface area contributed by atoms with E-state index in [0.29, 0.717) is 13.0 Å². The number of hydrogen-bond donors (Lipinski definition) is 1. The fourth-order valence-corrected chi connectivity index (χ4v) is 5.18. The lowest BCUT2D eigenvalue weighted by atomic mass is 9.71. The highest BCUT2D eigenvalue weighted by atomic mass is 16.4. The third-order valence-corrected chi connectivity index (χ3v) is 6.29. The Hall–Kier alpha value is -1.06. The molecule has 1 heterocycles. The summed E-state index contributed by atoms with van der Waals surface area (Å²) < 4.78 is 0. The van der Waals surface area contributed by atoms with Gasteiger partial charge in [0, 0.05) is 19.5 Å². The molecule has 1 saturated heterocycles. The van der Waals surface area contributed by atoms with Crippen molar-refractivity contribution in [2.24, 2.45) is 10.8 Å². The van der Waals surface area contributed by atoms with Crippen LogP contribution in [0.4, 0.5) is 0 Å². The van der Waals surface area contributed by atoms with Gasteiger partial charge in [-0.2, -0.15) is 0 Å². The maximum Gasteiger partial charge on any atom is 0.303 e. The molecule has 1 amide bonds. The second-order valence-electron chi connectivity index (χ2n) is 8.12. The molecule has 0 atom stereocenters. The molecule has 0 aromatic carbocycles. The van der Waals surface area contributed by atoms with E-state index < -0.39 is 5.97 Å². The minimum Gasteiger partial charge on any atom is -0.481 e. The Morgan fingerprint density at radius 2 is 1.59 bits per heavy atom. The predicted octanol–water partition coefficient (Wildman–Crippen LogP) is 3.59. The Labute approximate surface area is 133 Å². The molecule has 0 radical (unpaired) electrons. The summed E-state index contributed by atoms with van der Waals surface area (Å²) in [6.07, 6.45) is 12.5. The first-order valence-corrected chi connectivity index (χ1v) is 9.02. The number of carbonyl (C=O) groups excluding carboxylic acids is 1. The summed E-state index contributed by atoms with van der Waals surface area (Å²) in [5, 5.41) is 9.31. The molecule has 0 unspecified atom stereocenters. The highest BCUT2D eigenvalue weighted by molar-refractivity contribution is 5.79. The van der Waals surface area contributed by atoms with Crippen LogP contribution in [0.25, 0.3) is 0 Å². The van der Waals surface area contributed by atoms with Crippen LogP contribution in [0.15, 0.2) is 0 Å². The van der Waals surface area contributed by atoms with Gasteiger partial charge in [-0.1, -0.05) is 38.5 Å². The van der Waals surface area contributed by atoms with E-state index in [-0.39, 0.29) is 23.2 Å². The quantitative estimate of drug-likeness (QED) is 0.863. The number of carboxylic acids is 1. The molecule has 4 heteroatoms. The van der Waals surface area contributed by atoms with E-state index >= 15 is 0 Å². The van der Waals surface area contributed by atoms with E-state index in [1.165, 1.54) is 38.5 Å². The fraction of sp³-hybridized carbons (Fsp3) is 0.889. The molecular formula is C18H29NO3. The first-order valence-electron chi connectivity index (χ1n) is 9.02. The predicted molar refractivity (Wildman–Crippen MR) is 84.5 cm³/mol. The standard InChI is InChI=1S/C18H29NO3/c20-15-11-17(7-3-1-4-8-17)13-19(15)14-18(12-16(21)22)9-5-2-6-10-18/h1-14H2,(H,21,22). The fourth-order valence-electron chi connectivity index (χ4n) is 5.18. The molecule has 3 aliphatic rings. The van der Waals surface area contributed by atoms with Crippen molar-refractivity contribution in [1.29, 1.82) is 0 Å². The molecule has 22 heavy (non-hydrogen) atoms. The van der Waals surface area contributed by atoms with Crippen LogP contribution in [-0.2, 0) is 9.59 Å². The van der Waals surface area contributed by atoms with E-state index in [2.05, 4.69) is 0 Å². The van der Waals surface area contributed by atoms with Crippen molar-refractivity contribution in [2.75, 3.05) is 13.1 Å². The van der Waals surface area contributed by atoms with Gasteiger partial charge in [0.25, 0.3) is 0 Å². The summed E-state index contributed by atoms with van der Waals surface area (Å²) in [5.41, 5.74) is 0.0500. The minimum absolute atomic E-state index is 0.167. The number of likely N-dealkylation sites (tertiary alicyclic amines) is 1. The summed E-state index contributed by atoms with van der Waals surface area (Å²) in [6, 6.07) is 0. The number of amides is 1. The summed E-state index contributed by atoms with van der Waals surface area (Å²) in [7, 11) is 0. The van der Waals surface area contributed by atoms with Crippen LogP contribution in [-0.4, -0.2) is 35.0 Å². The van der Waals surface area contributed by atoms with Gasteiger partial charge < -0.3 is 10.0 Å². The monoisotopic (exact) mass is 307 g/mol. The van der Waals surface area contributed by atoms with Crippen LogP contribution in [0, 0.1) is 10.8 Å². The average molecular weight is 307 g/mol. The SMILES string of the molecule is O=C(O)CC1(CN2CC3(CCCCC3)CC2=O)CCCCC1. The number of carboxylic acid groups (broad SMARTS) is 1. The van der Waals surface area contributed by atoms with Crippen molar-refractivity contribution in [2.45, 2.75) is 77.0 Å². The molecule has 1 aliphatic heterocycles. The van der Waals surface area contributed by atoms with E-state index in [1.54, 1.807) is 0 Å². The smallest absolute Gasteiger partial charge is 0.303 e. The summed E-state index contributed by atoms with van der Waals surface area (Å²) in [4.78, 5) is 25.9. The van der Waals surface area contributed by atoms with Crippen LogP contribution in [0.1, 0.15) is 77.0 Å². The largest absolute Gasteiger partial charge is 0.481 e. The van der Waals surface area contributed by atoms with Gasteiger partial charge in [-0.15, -0.1) is 0 Å².